The van der Waals surface area contributed by atoms with Gasteiger partial charge in [0.1, 0.15) is 5.69 Å². The van der Waals surface area contributed by atoms with Gasteiger partial charge >= 0.3 is 12.1 Å². The first-order valence-electron chi connectivity index (χ1n) is 5.33. The summed E-state index contributed by atoms with van der Waals surface area (Å²) < 4.78 is 72.7. The monoisotopic (exact) mass is 299 g/mol. The number of carbonyl (C=O) groups is 1. The molecule has 0 N–H and O–H groups in total. The molecule has 4 nitrogen and oxygen atoms in total. The highest BCUT2D eigenvalue weighted by Gasteiger charge is 2.40. The molecule has 0 aromatic carbocycles. The highest BCUT2D eigenvalue weighted by atomic mass is 19.4. The summed E-state index contributed by atoms with van der Waals surface area (Å²) in [5.74, 6) is -2.33. The molecule has 112 valence electrons. The molecule has 0 bridgehead atoms. The zero-order valence-electron chi connectivity index (χ0n) is 10.4. The van der Waals surface area contributed by atoms with Crippen molar-refractivity contribution in [1.82, 2.24) is 4.98 Å². The maximum atomic E-state index is 12.8. The lowest BCUT2D eigenvalue weighted by Gasteiger charge is -2.15. The predicted molar refractivity (Wildman–Crippen MR) is 56.7 cm³/mol. The molecule has 0 unspecified atom stereocenters. The number of esters is 1. The summed E-state index contributed by atoms with van der Waals surface area (Å²) in [7, 11) is 0.808. The largest absolute Gasteiger partial charge is 0.494 e. The van der Waals surface area contributed by atoms with Crippen molar-refractivity contribution in [3.63, 3.8) is 0 Å². The van der Waals surface area contributed by atoms with E-state index in [2.05, 4.69) is 14.5 Å². The average molecular weight is 299 g/mol. The minimum atomic E-state index is -5.04. The highest BCUT2D eigenvalue weighted by Crippen LogP contribution is 2.40. The van der Waals surface area contributed by atoms with Gasteiger partial charge in [-0.3, -0.25) is 0 Å². The van der Waals surface area contributed by atoms with Gasteiger partial charge in [-0.15, -0.1) is 0 Å². The number of nitrogens with zero attached hydrogens (tertiary/aromatic N) is 1. The van der Waals surface area contributed by atoms with E-state index >= 15 is 0 Å². The lowest BCUT2D eigenvalue weighted by molar-refractivity contribution is -0.142. The van der Waals surface area contributed by atoms with Crippen molar-refractivity contribution < 1.29 is 36.2 Å². The van der Waals surface area contributed by atoms with Crippen molar-refractivity contribution in [3.8, 4) is 5.75 Å². The number of alkyl halides is 5. The maximum absolute atomic E-state index is 12.8. The number of carbonyl (C=O) groups excluding carboxylic acids is 1. The molecule has 1 heterocycles. The van der Waals surface area contributed by atoms with Crippen molar-refractivity contribution in [2.45, 2.75) is 19.5 Å². The Bertz CT molecular complexity index is 502. The van der Waals surface area contributed by atoms with Crippen molar-refractivity contribution in [1.29, 1.82) is 0 Å². The van der Waals surface area contributed by atoms with Crippen LogP contribution in [0.15, 0.2) is 6.07 Å². The third-order valence-corrected chi connectivity index (χ3v) is 2.19. The van der Waals surface area contributed by atoms with Gasteiger partial charge in [0, 0.05) is 0 Å². The molecular formula is C11H10F5NO3. The molecule has 0 spiro atoms. The van der Waals surface area contributed by atoms with Crippen LogP contribution in [-0.4, -0.2) is 24.7 Å². The van der Waals surface area contributed by atoms with E-state index in [4.69, 9.17) is 0 Å². The van der Waals surface area contributed by atoms with Crippen molar-refractivity contribution in [2.75, 3.05) is 13.7 Å². The molecule has 0 aliphatic rings. The Kier molecular flexibility index (Phi) is 4.85. The zero-order valence-corrected chi connectivity index (χ0v) is 10.4. The summed E-state index contributed by atoms with van der Waals surface area (Å²) in [5.41, 5.74) is -3.62. The molecular weight excluding hydrogens is 289 g/mol. The van der Waals surface area contributed by atoms with Crippen LogP contribution < -0.4 is 4.74 Å². The Balaban J connectivity index is 3.52. The first-order valence-corrected chi connectivity index (χ1v) is 5.33. The minimum Gasteiger partial charge on any atom is -0.494 e. The van der Waals surface area contributed by atoms with Gasteiger partial charge in [0.25, 0.3) is 6.43 Å². The van der Waals surface area contributed by atoms with Crippen LogP contribution in [0.3, 0.4) is 0 Å². The van der Waals surface area contributed by atoms with Crippen LogP contribution in [0.4, 0.5) is 22.0 Å². The number of hydrogen-bond acceptors (Lipinski definition) is 4. The summed E-state index contributed by atoms with van der Waals surface area (Å²) in [5, 5.41) is 0. The summed E-state index contributed by atoms with van der Waals surface area (Å²) >= 11 is 0. The number of pyridine rings is 1. The number of methoxy groups -OCH3 is 1. The Labute approximate surface area is 110 Å². The van der Waals surface area contributed by atoms with E-state index in [0.717, 1.165) is 7.11 Å². The molecule has 0 atom stereocenters. The van der Waals surface area contributed by atoms with Crippen LogP contribution >= 0.6 is 0 Å². The van der Waals surface area contributed by atoms with E-state index in [1.807, 2.05) is 0 Å². The van der Waals surface area contributed by atoms with Crippen LogP contribution in [-0.2, 0) is 10.9 Å². The van der Waals surface area contributed by atoms with Gasteiger partial charge in [-0.1, -0.05) is 0 Å². The minimum absolute atomic E-state index is 0.127. The van der Waals surface area contributed by atoms with E-state index in [-0.39, 0.29) is 6.61 Å². The molecule has 0 saturated carbocycles. The molecule has 0 amide bonds. The van der Waals surface area contributed by atoms with Gasteiger partial charge in [0.2, 0.25) is 0 Å². The van der Waals surface area contributed by atoms with Gasteiger partial charge in [0.15, 0.2) is 11.4 Å². The number of aromatic nitrogens is 1. The standard InChI is InChI=1S/C11H10F5NO3/c1-3-20-10(18)6-4-5(9(12)13)7(19-2)8(17-6)11(14,15)16/h4,9H,3H2,1-2H3. The molecule has 0 radical (unpaired) electrons. The highest BCUT2D eigenvalue weighted by molar-refractivity contribution is 5.87. The number of halogens is 5. The third-order valence-electron chi connectivity index (χ3n) is 2.19. The fourth-order valence-corrected chi connectivity index (χ4v) is 1.43. The first-order chi connectivity index (χ1) is 9.22. The smallest absolute Gasteiger partial charge is 0.437 e. The second-order valence-electron chi connectivity index (χ2n) is 3.50. The molecule has 0 fully saturated rings. The second-order valence-corrected chi connectivity index (χ2v) is 3.50. The molecule has 0 aliphatic carbocycles. The summed E-state index contributed by atoms with van der Waals surface area (Å²) in [6.45, 7) is 1.29. The van der Waals surface area contributed by atoms with Crippen LogP contribution in [0.25, 0.3) is 0 Å². The topological polar surface area (TPSA) is 48.4 Å². The van der Waals surface area contributed by atoms with Gasteiger partial charge in [-0.25, -0.2) is 18.6 Å². The fourth-order valence-electron chi connectivity index (χ4n) is 1.43. The Morgan fingerprint density at radius 2 is 2.00 bits per heavy atom. The van der Waals surface area contributed by atoms with E-state index in [9.17, 15) is 26.7 Å². The molecule has 1 rings (SSSR count). The van der Waals surface area contributed by atoms with E-state index in [1.165, 1.54) is 6.92 Å². The third kappa shape index (κ3) is 3.34. The summed E-state index contributed by atoms with van der Waals surface area (Å²) in [4.78, 5) is 14.4. The van der Waals surface area contributed by atoms with Crippen molar-refractivity contribution in [3.05, 3.63) is 23.0 Å². The zero-order chi connectivity index (χ0) is 15.5. The summed E-state index contributed by atoms with van der Waals surface area (Å²) in [6.07, 6.45) is -8.31. The number of ether oxygens (including phenoxy) is 2. The second kappa shape index (κ2) is 6.02. The van der Waals surface area contributed by atoms with Crippen LogP contribution in [0.5, 0.6) is 5.75 Å². The fraction of sp³-hybridized carbons (Fsp3) is 0.455. The van der Waals surface area contributed by atoms with Gasteiger partial charge in [0.05, 0.1) is 19.3 Å². The SMILES string of the molecule is CCOC(=O)c1cc(C(F)F)c(OC)c(C(F)(F)F)n1. The van der Waals surface area contributed by atoms with Gasteiger partial charge in [-0.05, 0) is 13.0 Å². The molecule has 0 saturated heterocycles. The quantitative estimate of drug-likeness (QED) is 0.632. The van der Waals surface area contributed by atoms with E-state index in [1.54, 1.807) is 0 Å². The van der Waals surface area contributed by atoms with Crippen LogP contribution in [0.1, 0.15) is 35.1 Å². The molecule has 1 aromatic heterocycles. The van der Waals surface area contributed by atoms with E-state index in [0.29, 0.717) is 6.07 Å². The normalized spacial score (nSPS) is 11.6. The average Bonchev–Trinajstić information content (AvgIpc) is 2.36. The Morgan fingerprint density at radius 1 is 1.40 bits per heavy atom. The Hall–Kier alpha value is -1.93. The number of hydrogen-bond donors (Lipinski definition) is 0. The summed E-state index contributed by atoms with van der Waals surface area (Å²) in [6, 6.07) is 0.525. The predicted octanol–water partition coefficient (Wildman–Crippen LogP) is 3.22. The van der Waals surface area contributed by atoms with Crippen LogP contribution in [0, 0.1) is 0 Å². The van der Waals surface area contributed by atoms with Gasteiger partial charge < -0.3 is 9.47 Å². The lowest BCUT2D eigenvalue weighted by Crippen LogP contribution is -2.17. The molecule has 1 aromatic rings. The van der Waals surface area contributed by atoms with Crippen molar-refractivity contribution in [2.24, 2.45) is 0 Å². The maximum Gasteiger partial charge on any atom is 0.437 e. The first kappa shape index (κ1) is 16.1. The van der Waals surface area contributed by atoms with E-state index < -0.39 is 41.3 Å². The van der Waals surface area contributed by atoms with Gasteiger partial charge in [-0.2, -0.15) is 13.2 Å². The molecule has 9 heteroatoms. The molecule has 20 heavy (non-hydrogen) atoms. The van der Waals surface area contributed by atoms with Crippen molar-refractivity contribution >= 4 is 5.97 Å². The molecule has 0 aliphatic heterocycles. The van der Waals surface area contributed by atoms with Crippen LogP contribution in [0.2, 0.25) is 0 Å². The lowest BCUT2D eigenvalue weighted by atomic mass is 10.1. The number of rotatable bonds is 4. The Morgan fingerprint density at radius 3 is 2.40 bits per heavy atom.